The Hall–Kier alpha value is -3.11. The molecule has 3 heterocycles. The molecule has 1 aliphatic carbocycles. The molecular weight excluding hydrogens is 461 g/mol. The number of carbonyl (C=O) groups is 1. The number of rotatable bonds is 3. The Labute approximate surface area is 192 Å². The van der Waals surface area contributed by atoms with Crippen molar-refractivity contribution in [3.8, 4) is 5.69 Å². The van der Waals surface area contributed by atoms with Crippen LogP contribution in [0.1, 0.15) is 29.6 Å². The minimum absolute atomic E-state index is 0. The molecule has 5 rings (SSSR count). The number of benzene rings is 1. The van der Waals surface area contributed by atoms with Gasteiger partial charge in [-0.25, -0.2) is 22.9 Å². The highest BCUT2D eigenvalue weighted by molar-refractivity contribution is 5.92. The van der Waals surface area contributed by atoms with Crippen molar-refractivity contribution >= 4 is 35.2 Å². The molecule has 1 saturated heterocycles. The van der Waals surface area contributed by atoms with Crippen molar-refractivity contribution in [1.29, 1.82) is 0 Å². The molecule has 2 aromatic heterocycles. The van der Waals surface area contributed by atoms with Gasteiger partial charge in [0.25, 0.3) is 0 Å². The molecule has 1 aliphatic heterocycles. The maximum Gasteiger partial charge on any atom is 0.341 e. The van der Waals surface area contributed by atoms with Gasteiger partial charge in [0.05, 0.1) is 11.1 Å². The summed E-state index contributed by atoms with van der Waals surface area (Å²) in [4.78, 5) is 30.3. The van der Waals surface area contributed by atoms with E-state index in [9.17, 15) is 23.5 Å². The van der Waals surface area contributed by atoms with Crippen molar-refractivity contribution in [1.82, 2.24) is 9.55 Å². The fraction of sp³-hybridized carbons (Fsp3) is 0.318. The van der Waals surface area contributed by atoms with Gasteiger partial charge in [0, 0.05) is 31.4 Å². The molecular formula is C22H20ClF3N4O3. The molecule has 3 aromatic rings. The minimum Gasteiger partial charge on any atom is -0.477 e. The average molecular weight is 481 g/mol. The smallest absolute Gasteiger partial charge is 0.341 e. The number of halogens is 4. The van der Waals surface area contributed by atoms with E-state index in [1.54, 1.807) is 4.90 Å². The second-order valence-corrected chi connectivity index (χ2v) is 8.47. The van der Waals surface area contributed by atoms with Crippen molar-refractivity contribution in [2.24, 2.45) is 11.1 Å². The molecule has 1 unspecified atom stereocenters. The molecule has 0 amide bonds. The quantitative estimate of drug-likeness (QED) is 0.597. The second-order valence-electron chi connectivity index (χ2n) is 8.47. The summed E-state index contributed by atoms with van der Waals surface area (Å²) in [6.45, 7) is 1.04. The zero-order valence-electron chi connectivity index (χ0n) is 17.2. The number of carboxylic acid groups (broad SMARTS) is 1. The lowest BCUT2D eigenvalue weighted by Gasteiger charge is -2.33. The summed E-state index contributed by atoms with van der Waals surface area (Å²) in [6, 6.07) is 3.81. The van der Waals surface area contributed by atoms with Gasteiger partial charge in [-0.2, -0.15) is 0 Å². The number of nitrogens with two attached hydrogens (primary N) is 1. The zero-order valence-corrected chi connectivity index (χ0v) is 18.0. The molecule has 2 aliphatic rings. The van der Waals surface area contributed by atoms with E-state index in [0.29, 0.717) is 19.2 Å². The SMILES string of the molecule is Cl.NC1CC12CCN(c1nc3c(cc1F)c(=O)c(C(=O)O)cn3-c1ccc(F)cc1F)CC2. The normalized spacial score (nSPS) is 18.9. The monoisotopic (exact) mass is 480 g/mol. The van der Waals surface area contributed by atoms with Crippen LogP contribution in [0.3, 0.4) is 0 Å². The van der Waals surface area contributed by atoms with E-state index in [1.165, 1.54) is 0 Å². The maximum absolute atomic E-state index is 15.0. The molecule has 3 N–H and O–H groups in total. The summed E-state index contributed by atoms with van der Waals surface area (Å²) in [5, 5.41) is 9.10. The van der Waals surface area contributed by atoms with Crippen LogP contribution in [0.5, 0.6) is 0 Å². The number of fused-ring (bicyclic) bond motifs is 1. The van der Waals surface area contributed by atoms with E-state index >= 15 is 4.39 Å². The molecule has 33 heavy (non-hydrogen) atoms. The summed E-state index contributed by atoms with van der Waals surface area (Å²) in [7, 11) is 0. The maximum atomic E-state index is 15.0. The number of hydrogen-bond acceptors (Lipinski definition) is 5. The Morgan fingerprint density at radius 3 is 2.39 bits per heavy atom. The van der Waals surface area contributed by atoms with E-state index in [-0.39, 0.29) is 46.4 Å². The summed E-state index contributed by atoms with van der Waals surface area (Å²) >= 11 is 0. The highest BCUT2D eigenvalue weighted by Crippen LogP contribution is 2.52. The van der Waals surface area contributed by atoms with E-state index in [4.69, 9.17) is 5.73 Å². The summed E-state index contributed by atoms with van der Waals surface area (Å²) in [5.74, 6) is -4.16. The average Bonchev–Trinajstić information content (AvgIpc) is 3.37. The standard InChI is InChI=1S/C22H19F3N4O3.ClH/c23-11-1-2-16(14(24)7-11)29-10-13(21(31)32)18(30)12-8-15(25)20(27-19(12)29)28-5-3-22(4-6-28)9-17(22)26;/h1-2,7-8,10,17H,3-6,9,26H2,(H,31,32);1H. The van der Waals surface area contributed by atoms with Gasteiger partial charge in [-0.05, 0) is 42.9 Å². The first-order valence-electron chi connectivity index (χ1n) is 10.2. The highest BCUT2D eigenvalue weighted by atomic mass is 35.5. The number of pyridine rings is 2. The first-order valence-corrected chi connectivity index (χ1v) is 10.2. The van der Waals surface area contributed by atoms with Crippen LogP contribution >= 0.6 is 12.4 Å². The van der Waals surface area contributed by atoms with Crippen LogP contribution in [-0.4, -0.2) is 39.8 Å². The molecule has 7 nitrogen and oxygen atoms in total. The predicted octanol–water partition coefficient (Wildman–Crippen LogP) is 3.24. The lowest BCUT2D eigenvalue weighted by atomic mass is 9.92. The fourth-order valence-electron chi connectivity index (χ4n) is 4.57. The van der Waals surface area contributed by atoms with Crippen LogP contribution in [0, 0.1) is 22.9 Å². The third-order valence-electron chi connectivity index (χ3n) is 6.62. The van der Waals surface area contributed by atoms with E-state index in [1.807, 2.05) is 0 Å². The van der Waals surface area contributed by atoms with Crippen LogP contribution in [0.4, 0.5) is 19.0 Å². The van der Waals surface area contributed by atoms with Gasteiger partial charge in [0.15, 0.2) is 17.3 Å². The Morgan fingerprint density at radius 2 is 1.82 bits per heavy atom. The molecule has 0 bridgehead atoms. The van der Waals surface area contributed by atoms with Crippen molar-refractivity contribution in [2.45, 2.75) is 25.3 Å². The van der Waals surface area contributed by atoms with Crippen LogP contribution in [0.15, 0.2) is 35.3 Å². The molecule has 1 atom stereocenters. The van der Waals surface area contributed by atoms with Crippen LogP contribution in [0.25, 0.3) is 16.7 Å². The Bertz CT molecular complexity index is 1340. The third kappa shape index (κ3) is 3.72. The van der Waals surface area contributed by atoms with E-state index in [0.717, 1.165) is 48.2 Å². The number of anilines is 1. The lowest BCUT2D eigenvalue weighted by molar-refractivity contribution is 0.0695. The van der Waals surface area contributed by atoms with Crippen LogP contribution < -0.4 is 16.1 Å². The molecule has 174 valence electrons. The van der Waals surface area contributed by atoms with E-state index < -0.39 is 34.4 Å². The molecule has 11 heteroatoms. The van der Waals surface area contributed by atoms with Crippen LogP contribution in [-0.2, 0) is 0 Å². The van der Waals surface area contributed by atoms with Gasteiger partial charge in [-0.3, -0.25) is 9.36 Å². The topological polar surface area (TPSA) is 101 Å². The summed E-state index contributed by atoms with van der Waals surface area (Å²) in [6.07, 6.45) is 3.43. The third-order valence-corrected chi connectivity index (χ3v) is 6.62. The first-order chi connectivity index (χ1) is 15.2. The Balaban J connectivity index is 0.00000259. The number of carboxylic acids is 1. The van der Waals surface area contributed by atoms with Gasteiger partial charge in [-0.1, -0.05) is 0 Å². The first kappa shape index (κ1) is 23.1. The van der Waals surface area contributed by atoms with Gasteiger partial charge in [0.1, 0.15) is 17.2 Å². The second kappa shape index (κ2) is 8.03. The number of aromatic nitrogens is 2. The van der Waals surface area contributed by atoms with Crippen molar-refractivity contribution < 1.29 is 23.1 Å². The molecule has 0 radical (unpaired) electrons. The largest absolute Gasteiger partial charge is 0.477 e. The zero-order chi connectivity index (χ0) is 22.8. The van der Waals surface area contributed by atoms with Crippen molar-refractivity contribution in [3.63, 3.8) is 0 Å². The Morgan fingerprint density at radius 1 is 1.15 bits per heavy atom. The van der Waals surface area contributed by atoms with Crippen LogP contribution in [0.2, 0.25) is 0 Å². The fourth-order valence-corrected chi connectivity index (χ4v) is 4.57. The Kier molecular flexibility index (Phi) is 5.61. The number of piperidine rings is 1. The van der Waals surface area contributed by atoms with Crippen molar-refractivity contribution in [3.05, 3.63) is 63.7 Å². The van der Waals surface area contributed by atoms with Crippen molar-refractivity contribution in [2.75, 3.05) is 18.0 Å². The number of nitrogens with zero attached hydrogens (tertiary/aromatic N) is 3. The van der Waals surface area contributed by atoms with Gasteiger partial charge in [0.2, 0.25) is 5.43 Å². The molecule has 1 spiro atoms. The molecule has 1 saturated carbocycles. The van der Waals surface area contributed by atoms with Gasteiger partial charge >= 0.3 is 5.97 Å². The van der Waals surface area contributed by atoms with Gasteiger partial charge in [-0.15, -0.1) is 12.4 Å². The number of hydrogen-bond donors (Lipinski definition) is 2. The highest BCUT2D eigenvalue weighted by Gasteiger charge is 2.52. The lowest BCUT2D eigenvalue weighted by Crippen LogP contribution is -2.37. The molecule has 2 fully saturated rings. The van der Waals surface area contributed by atoms with E-state index in [2.05, 4.69) is 4.98 Å². The molecule has 1 aromatic carbocycles. The number of aromatic carboxylic acids is 1. The summed E-state index contributed by atoms with van der Waals surface area (Å²) in [5.41, 5.74) is 4.17. The predicted molar refractivity (Wildman–Crippen MR) is 118 cm³/mol. The minimum atomic E-state index is -1.56. The summed E-state index contributed by atoms with van der Waals surface area (Å²) < 4.78 is 44.0. The van der Waals surface area contributed by atoms with Gasteiger partial charge < -0.3 is 15.7 Å².